The van der Waals surface area contributed by atoms with Gasteiger partial charge in [0.05, 0.1) is 19.1 Å². The Morgan fingerprint density at radius 1 is 1.42 bits per heavy atom. The molecule has 5 nitrogen and oxygen atoms in total. The Labute approximate surface area is 120 Å². The monoisotopic (exact) mass is 290 g/mol. The fourth-order valence-electron chi connectivity index (χ4n) is 2.55. The van der Waals surface area contributed by atoms with Gasteiger partial charge in [-0.1, -0.05) is 6.92 Å². The molecule has 0 radical (unpaired) electrons. The average molecular weight is 291 g/mol. The molecule has 1 unspecified atom stereocenters. The van der Waals surface area contributed by atoms with Gasteiger partial charge in [0.2, 0.25) is 5.91 Å². The number of carbonyl (C=O) groups is 2. The van der Waals surface area contributed by atoms with Crippen molar-refractivity contribution in [3.8, 4) is 0 Å². The Hall–Kier alpha value is -0.810. The van der Waals surface area contributed by atoms with Crippen molar-refractivity contribution in [1.29, 1.82) is 0 Å². The molecular weight excluding hydrogens is 268 g/mol. The highest BCUT2D eigenvalue weighted by Gasteiger charge is 2.42. The number of carbonyl (C=O) groups excluding carboxylic acids is 2. The van der Waals surface area contributed by atoms with Gasteiger partial charge in [-0.3, -0.25) is 9.59 Å². The van der Waals surface area contributed by atoms with Crippen LogP contribution in [0.15, 0.2) is 0 Å². The summed E-state index contributed by atoms with van der Waals surface area (Å²) >= 11 is 0. The minimum atomic E-state index is -0.338. The van der Waals surface area contributed by atoms with Crippen LogP contribution >= 0.6 is 12.4 Å². The van der Waals surface area contributed by atoms with Crippen molar-refractivity contribution in [3.63, 3.8) is 0 Å². The molecule has 19 heavy (non-hydrogen) atoms. The number of hydrogen-bond acceptors (Lipinski definition) is 4. The maximum absolute atomic E-state index is 12.2. The summed E-state index contributed by atoms with van der Waals surface area (Å²) in [7, 11) is 1.39. The van der Waals surface area contributed by atoms with Crippen LogP contribution < -0.4 is 10.6 Å². The van der Waals surface area contributed by atoms with Gasteiger partial charge in [0.25, 0.3) is 0 Å². The topological polar surface area (TPSA) is 67.4 Å². The van der Waals surface area contributed by atoms with E-state index in [0.29, 0.717) is 12.3 Å². The molecule has 2 N–H and O–H groups in total. The summed E-state index contributed by atoms with van der Waals surface area (Å²) in [6.07, 6.45) is 3.12. The van der Waals surface area contributed by atoms with Gasteiger partial charge in [-0.25, -0.2) is 0 Å². The summed E-state index contributed by atoms with van der Waals surface area (Å²) in [6.45, 7) is 3.79. The number of hydrogen-bond donors (Lipinski definition) is 2. The van der Waals surface area contributed by atoms with E-state index in [1.165, 1.54) is 7.11 Å². The van der Waals surface area contributed by atoms with Crippen LogP contribution in [-0.4, -0.2) is 37.6 Å². The minimum Gasteiger partial charge on any atom is -0.469 e. The van der Waals surface area contributed by atoms with Crippen LogP contribution in [0.4, 0.5) is 0 Å². The Kier molecular flexibility index (Phi) is 5.62. The Morgan fingerprint density at radius 2 is 2.05 bits per heavy atom. The van der Waals surface area contributed by atoms with Crippen molar-refractivity contribution in [1.82, 2.24) is 10.6 Å². The standard InChI is InChI=1S/C13H22N2O3.ClH/c1-9(10-7-14-8-10)12(17)15-13(4-3-5-13)6-11(16)18-2;/h9-10,14H,3-8H2,1-2H3,(H,15,17);1H. The number of rotatable bonds is 5. The molecule has 1 atom stereocenters. The quantitative estimate of drug-likeness (QED) is 0.737. The van der Waals surface area contributed by atoms with E-state index in [-0.39, 0.29) is 35.7 Å². The minimum absolute atomic E-state index is 0. The normalized spacial score (nSPS) is 22.2. The van der Waals surface area contributed by atoms with Crippen LogP contribution in [0.3, 0.4) is 0 Å². The second kappa shape index (κ2) is 6.57. The second-order valence-electron chi connectivity index (χ2n) is 5.58. The van der Waals surface area contributed by atoms with Crippen LogP contribution in [0.1, 0.15) is 32.6 Å². The van der Waals surface area contributed by atoms with Crippen molar-refractivity contribution in [2.75, 3.05) is 20.2 Å². The van der Waals surface area contributed by atoms with E-state index in [2.05, 4.69) is 10.6 Å². The van der Waals surface area contributed by atoms with Crippen LogP contribution in [-0.2, 0) is 14.3 Å². The van der Waals surface area contributed by atoms with Gasteiger partial charge in [-0.05, 0) is 38.3 Å². The molecule has 110 valence electrons. The smallest absolute Gasteiger partial charge is 0.307 e. The molecule has 2 aliphatic rings. The first-order valence-corrected chi connectivity index (χ1v) is 6.66. The number of methoxy groups -OCH3 is 1. The predicted octanol–water partition coefficient (Wildman–Crippen LogP) is 0.866. The van der Waals surface area contributed by atoms with Gasteiger partial charge in [0.1, 0.15) is 0 Å². The summed E-state index contributed by atoms with van der Waals surface area (Å²) in [5.74, 6) is 0.277. The van der Waals surface area contributed by atoms with Gasteiger partial charge in [0, 0.05) is 5.92 Å². The molecule has 2 fully saturated rings. The molecule has 1 aliphatic carbocycles. The third-order valence-electron chi connectivity index (χ3n) is 4.34. The summed E-state index contributed by atoms with van der Waals surface area (Å²) < 4.78 is 4.70. The van der Waals surface area contributed by atoms with Gasteiger partial charge in [-0.2, -0.15) is 0 Å². The molecule has 0 aromatic heterocycles. The van der Waals surface area contributed by atoms with Crippen LogP contribution in [0.25, 0.3) is 0 Å². The lowest BCUT2D eigenvalue weighted by Crippen LogP contribution is -2.58. The molecule has 1 heterocycles. The zero-order chi connectivity index (χ0) is 13.2. The summed E-state index contributed by atoms with van der Waals surface area (Å²) in [6, 6.07) is 0. The van der Waals surface area contributed by atoms with Crippen molar-refractivity contribution in [2.24, 2.45) is 11.8 Å². The molecule has 1 amide bonds. The molecule has 1 saturated carbocycles. The Morgan fingerprint density at radius 3 is 2.42 bits per heavy atom. The third-order valence-corrected chi connectivity index (χ3v) is 4.34. The lowest BCUT2D eigenvalue weighted by molar-refractivity contribution is -0.144. The van der Waals surface area contributed by atoms with Crippen molar-refractivity contribution >= 4 is 24.3 Å². The first-order valence-electron chi connectivity index (χ1n) is 6.66. The fraction of sp³-hybridized carbons (Fsp3) is 0.846. The molecule has 0 aromatic carbocycles. The first kappa shape index (κ1) is 16.2. The van der Waals surface area contributed by atoms with Crippen molar-refractivity contribution < 1.29 is 14.3 Å². The van der Waals surface area contributed by atoms with E-state index in [1.807, 2.05) is 6.92 Å². The number of amides is 1. The zero-order valence-electron chi connectivity index (χ0n) is 11.5. The lowest BCUT2D eigenvalue weighted by Gasteiger charge is -2.43. The number of halogens is 1. The SMILES string of the molecule is COC(=O)CC1(NC(=O)C(C)C2CNC2)CCC1.Cl. The molecule has 1 aliphatic heterocycles. The molecule has 0 aromatic rings. The third kappa shape index (κ3) is 3.60. The highest BCUT2D eigenvalue weighted by molar-refractivity contribution is 5.85. The van der Waals surface area contributed by atoms with E-state index in [9.17, 15) is 9.59 Å². The number of nitrogens with one attached hydrogen (secondary N) is 2. The van der Waals surface area contributed by atoms with E-state index in [0.717, 1.165) is 32.4 Å². The first-order chi connectivity index (χ1) is 8.56. The molecule has 2 rings (SSSR count). The van der Waals surface area contributed by atoms with Gasteiger partial charge >= 0.3 is 5.97 Å². The van der Waals surface area contributed by atoms with Crippen LogP contribution in [0.2, 0.25) is 0 Å². The fourth-order valence-corrected chi connectivity index (χ4v) is 2.55. The summed E-state index contributed by atoms with van der Waals surface area (Å²) in [5.41, 5.74) is -0.338. The predicted molar refractivity (Wildman–Crippen MR) is 74.1 cm³/mol. The maximum atomic E-state index is 12.2. The van der Waals surface area contributed by atoms with E-state index < -0.39 is 0 Å². The zero-order valence-corrected chi connectivity index (χ0v) is 12.3. The molecule has 6 heteroatoms. The average Bonchev–Trinajstić information content (AvgIpc) is 2.23. The van der Waals surface area contributed by atoms with Crippen LogP contribution in [0, 0.1) is 11.8 Å². The van der Waals surface area contributed by atoms with Gasteiger partial charge in [0.15, 0.2) is 0 Å². The van der Waals surface area contributed by atoms with Crippen molar-refractivity contribution in [2.45, 2.75) is 38.1 Å². The maximum Gasteiger partial charge on any atom is 0.307 e. The Bertz CT molecular complexity index is 341. The molecule has 0 bridgehead atoms. The number of ether oxygens (including phenoxy) is 1. The summed E-state index contributed by atoms with van der Waals surface area (Å²) in [4.78, 5) is 23.6. The summed E-state index contributed by atoms with van der Waals surface area (Å²) in [5, 5.41) is 6.25. The van der Waals surface area contributed by atoms with E-state index in [4.69, 9.17) is 4.74 Å². The van der Waals surface area contributed by atoms with E-state index >= 15 is 0 Å². The molecule has 0 spiro atoms. The van der Waals surface area contributed by atoms with E-state index in [1.54, 1.807) is 0 Å². The molecule has 1 saturated heterocycles. The molecular formula is C13H23ClN2O3. The highest BCUT2D eigenvalue weighted by atomic mass is 35.5. The largest absolute Gasteiger partial charge is 0.469 e. The second-order valence-corrected chi connectivity index (χ2v) is 5.58. The number of esters is 1. The highest BCUT2D eigenvalue weighted by Crippen LogP contribution is 2.35. The van der Waals surface area contributed by atoms with Gasteiger partial charge < -0.3 is 15.4 Å². The van der Waals surface area contributed by atoms with Crippen LogP contribution in [0.5, 0.6) is 0 Å². The lowest BCUT2D eigenvalue weighted by atomic mass is 9.73. The Balaban J connectivity index is 0.00000180. The van der Waals surface area contributed by atoms with Crippen molar-refractivity contribution in [3.05, 3.63) is 0 Å². The van der Waals surface area contributed by atoms with Gasteiger partial charge in [-0.15, -0.1) is 12.4 Å².